The Morgan fingerprint density at radius 3 is 2.84 bits per heavy atom. The van der Waals surface area contributed by atoms with Crippen molar-refractivity contribution in [1.82, 2.24) is 10.3 Å². The molecule has 2 heterocycles. The zero-order valence-electron chi connectivity index (χ0n) is 16.3. The Morgan fingerprint density at radius 2 is 2.20 bits per heavy atom. The van der Waals surface area contributed by atoms with E-state index >= 15 is 0 Å². The van der Waals surface area contributed by atoms with E-state index in [0.717, 1.165) is 31.4 Å². The van der Waals surface area contributed by atoms with Gasteiger partial charge in [0.05, 0.1) is 6.10 Å². The third-order valence-corrected chi connectivity index (χ3v) is 5.34. The lowest BCUT2D eigenvalue weighted by Gasteiger charge is -2.42. The zero-order valence-corrected chi connectivity index (χ0v) is 16.3. The average Bonchev–Trinajstić information content (AvgIpc) is 2.59. The van der Waals surface area contributed by atoms with Gasteiger partial charge in [-0.1, -0.05) is 40.2 Å². The van der Waals surface area contributed by atoms with E-state index in [1.165, 1.54) is 6.42 Å². The molecule has 1 N–H and O–H groups in total. The first-order chi connectivity index (χ1) is 11.9. The van der Waals surface area contributed by atoms with Crippen molar-refractivity contribution in [2.45, 2.75) is 72.4 Å². The summed E-state index contributed by atoms with van der Waals surface area (Å²) in [6.45, 7) is 10.3. The lowest BCUT2D eigenvalue weighted by Crippen LogP contribution is -2.41. The average molecular weight is 347 g/mol. The highest BCUT2D eigenvalue weighted by Crippen LogP contribution is 2.43. The second kappa shape index (κ2) is 9.33. The van der Waals surface area contributed by atoms with Crippen LogP contribution in [0.25, 0.3) is 0 Å². The van der Waals surface area contributed by atoms with Crippen molar-refractivity contribution >= 4 is 5.91 Å². The minimum absolute atomic E-state index is 0.0798. The minimum atomic E-state index is 0.0798. The van der Waals surface area contributed by atoms with Gasteiger partial charge in [-0.2, -0.15) is 0 Å². The van der Waals surface area contributed by atoms with E-state index < -0.39 is 0 Å². The quantitative estimate of drug-likeness (QED) is 0.761. The molecule has 0 bridgehead atoms. The Bertz CT molecular complexity index is 530. The van der Waals surface area contributed by atoms with Crippen molar-refractivity contribution < 1.29 is 9.53 Å². The highest BCUT2D eigenvalue weighted by Gasteiger charge is 2.39. The number of hydrogen-bond donors (Lipinski definition) is 1. The number of carbonyl (C=O) groups is 1. The number of pyridine rings is 1. The van der Waals surface area contributed by atoms with Crippen molar-refractivity contribution in [3.05, 3.63) is 30.1 Å². The van der Waals surface area contributed by atoms with Gasteiger partial charge in [0.2, 0.25) is 5.91 Å². The lowest BCUT2D eigenvalue weighted by molar-refractivity contribution is -0.129. The molecule has 2 rings (SSSR count). The maximum absolute atomic E-state index is 12.6. The number of aromatic nitrogens is 1. The first kappa shape index (κ1) is 19.9. The molecule has 140 valence electrons. The van der Waals surface area contributed by atoms with E-state index in [2.05, 4.69) is 38.0 Å². The summed E-state index contributed by atoms with van der Waals surface area (Å²) in [5, 5.41) is 3.08. The van der Waals surface area contributed by atoms with Crippen LogP contribution in [0.5, 0.6) is 0 Å². The third-order valence-electron chi connectivity index (χ3n) is 5.34. The molecule has 1 amide bonds. The highest BCUT2D eigenvalue weighted by molar-refractivity contribution is 5.76. The highest BCUT2D eigenvalue weighted by atomic mass is 16.5. The number of rotatable bonds is 8. The van der Waals surface area contributed by atoms with Crippen LogP contribution in [0, 0.1) is 17.3 Å². The van der Waals surface area contributed by atoms with E-state index in [1.807, 2.05) is 12.1 Å². The maximum atomic E-state index is 12.6. The van der Waals surface area contributed by atoms with Gasteiger partial charge in [-0.05, 0) is 48.1 Å². The summed E-state index contributed by atoms with van der Waals surface area (Å²) in [6.07, 6.45) is 8.69. The predicted molar refractivity (Wildman–Crippen MR) is 101 cm³/mol. The van der Waals surface area contributed by atoms with E-state index in [0.29, 0.717) is 24.8 Å². The van der Waals surface area contributed by atoms with Gasteiger partial charge in [0.25, 0.3) is 0 Å². The predicted octanol–water partition coefficient (Wildman–Crippen LogP) is 4.35. The number of hydrogen-bond acceptors (Lipinski definition) is 3. The van der Waals surface area contributed by atoms with E-state index in [1.54, 1.807) is 12.4 Å². The van der Waals surface area contributed by atoms with Crippen LogP contribution in [0.1, 0.15) is 65.4 Å². The molecule has 1 fully saturated rings. The summed E-state index contributed by atoms with van der Waals surface area (Å²) in [7, 11) is 0. The molecule has 1 aromatic heterocycles. The molecule has 1 aliphatic heterocycles. The van der Waals surface area contributed by atoms with Gasteiger partial charge in [0.1, 0.15) is 0 Å². The SMILES string of the molecule is CC(C)CC[C@@]1(CC(=O)NCc2cccnc2)CCO[C@H](C(C)C)C1. The normalized spacial score (nSPS) is 23.8. The topological polar surface area (TPSA) is 51.2 Å². The van der Waals surface area contributed by atoms with Crippen LogP contribution in [-0.2, 0) is 16.1 Å². The summed E-state index contributed by atoms with van der Waals surface area (Å²) in [5.74, 6) is 1.31. The molecular weight excluding hydrogens is 312 g/mol. The Balaban J connectivity index is 1.98. The van der Waals surface area contributed by atoms with E-state index in [9.17, 15) is 4.79 Å². The summed E-state index contributed by atoms with van der Waals surface area (Å²) < 4.78 is 5.97. The van der Waals surface area contributed by atoms with Gasteiger partial charge in [0.15, 0.2) is 0 Å². The number of ether oxygens (including phenoxy) is 1. The molecule has 0 spiro atoms. The Hall–Kier alpha value is -1.42. The molecule has 0 saturated carbocycles. The van der Waals surface area contributed by atoms with Crippen LogP contribution in [-0.4, -0.2) is 23.6 Å². The molecule has 1 saturated heterocycles. The third kappa shape index (κ3) is 6.43. The monoisotopic (exact) mass is 346 g/mol. The van der Waals surface area contributed by atoms with Gasteiger partial charge < -0.3 is 10.1 Å². The fraction of sp³-hybridized carbons (Fsp3) is 0.714. The molecule has 1 aliphatic rings. The number of carbonyl (C=O) groups excluding carboxylic acids is 1. The van der Waals surface area contributed by atoms with Crippen molar-refractivity contribution in [1.29, 1.82) is 0 Å². The van der Waals surface area contributed by atoms with Crippen LogP contribution in [0.2, 0.25) is 0 Å². The van der Waals surface area contributed by atoms with Crippen molar-refractivity contribution in [2.75, 3.05) is 6.61 Å². The van der Waals surface area contributed by atoms with Crippen LogP contribution in [0.3, 0.4) is 0 Å². The second-order valence-electron chi connectivity index (χ2n) is 8.35. The standard InChI is InChI=1S/C21H34N2O2/c1-16(2)7-8-21(9-11-25-19(12-21)17(3)4)13-20(24)23-15-18-6-5-10-22-14-18/h5-6,10,14,16-17,19H,7-9,11-13,15H2,1-4H3,(H,23,24)/t19-,21+/m0/s1. The molecule has 0 aromatic carbocycles. The molecule has 0 aliphatic carbocycles. The van der Waals surface area contributed by atoms with Crippen molar-refractivity contribution in [2.24, 2.45) is 17.3 Å². The molecule has 4 nitrogen and oxygen atoms in total. The number of amides is 1. The lowest BCUT2D eigenvalue weighted by atomic mass is 9.69. The Labute approximate surface area is 152 Å². The van der Waals surface area contributed by atoms with Crippen LogP contribution < -0.4 is 5.32 Å². The first-order valence-electron chi connectivity index (χ1n) is 9.67. The molecular formula is C21H34N2O2. The van der Waals surface area contributed by atoms with Crippen molar-refractivity contribution in [3.63, 3.8) is 0 Å². The Kier molecular flexibility index (Phi) is 7.42. The van der Waals surface area contributed by atoms with Crippen molar-refractivity contribution in [3.8, 4) is 0 Å². The molecule has 4 heteroatoms. The fourth-order valence-electron chi connectivity index (χ4n) is 3.62. The first-order valence-corrected chi connectivity index (χ1v) is 9.67. The number of nitrogens with zero attached hydrogens (tertiary/aromatic N) is 1. The fourth-order valence-corrected chi connectivity index (χ4v) is 3.62. The minimum Gasteiger partial charge on any atom is -0.378 e. The van der Waals surface area contributed by atoms with Gasteiger partial charge >= 0.3 is 0 Å². The zero-order chi connectivity index (χ0) is 18.3. The molecule has 2 atom stereocenters. The molecule has 0 unspecified atom stereocenters. The van der Waals surface area contributed by atoms with Gasteiger partial charge in [0, 0.05) is 32.0 Å². The van der Waals surface area contributed by atoms with Crippen LogP contribution in [0.15, 0.2) is 24.5 Å². The summed E-state index contributed by atoms with van der Waals surface area (Å²) >= 11 is 0. The molecule has 25 heavy (non-hydrogen) atoms. The summed E-state index contributed by atoms with van der Waals surface area (Å²) in [4.78, 5) is 16.7. The smallest absolute Gasteiger partial charge is 0.220 e. The van der Waals surface area contributed by atoms with E-state index in [4.69, 9.17) is 4.74 Å². The number of nitrogens with one attached hydrogen (secondary N) is 1. The van der Waals surface area contributed by atoms with Gasteiger partial charge in [-0.3, -0.25) is 9.78 Å². The van der Waals surface area contributed by atoms with E-state index in [-0.39, 0.29) is 17.4 Å². The van der Waals surface area contributed by atoms with Gasteiger partial charge in [-0.15, -0.1) is 0 Å². The summed E-state index contributed by atoms with van der Waals surface area (Å²) in [6, 6.07) is 3.89. The van der Waals surface area contributed by atoms with Crippen LogP contribution >= 0.6 is 0 Å². The molecule has 1 aromatic rings. The second-order valence-corrected chi connectivity index (χ2v) is 8.35. The molecule has 0 radical (unpaired) electrons. The van der Waals surface area contributed by atoms with Crippen LogP contribution in [0.4, 0.5) is 0 Å². The largest absolute Gasteiger partial charge is 0.378 e. The van der Waals surface area contributed by atoms with Gasteiger partial charge in [-0.25, -0.2) is 0 Å². The Morgan fingerprint density at radius 1 is 1.40 bits per heavy atom. The summed E-state index contributed by atoms with van der Waals surface area (Å²) in [5.41, 5.74) is 1.12. The maximum Gasteiger partial charge on any atom is 0.220 e.